The van der Waals surface area contributed by atoms with Crippen molar-refractivity contribution in [2.45, 2.75) is 18.8 Å². The van der Waals surface area contributed by atoms with Gasteiger partial charge in [-0.2, -0.15) is 0 Å². The van der Waals surface area contributed by atoms with Gasteiger partial charge >= 0.3 is 6.03 Å². The van der Waals surface area contributed by atoms with Gasteiger partial charge in [-0.3, -0.25) is 0 Å². The second-order valence-corrected chi connectivity index (χ2v) is 7.94. The molecule has 2 heterocycles. The number of nitrogens with zero attached hydrogens (tertiary/aromatic N) is 1. The van der Waals surface area contributed by atoms with E-state index in [0.717, 1.165) is 30.0 Å². The van der Waals surface area contributed by atoms with Crippen molar-refractivity contribution in [1.29, 1.82) is 0 Å². The number of H-pyrrole nitrogens is 1. The minimum absolute atomic E-state index is 0.0308. The molecule has 1 aliphatic carbocycles. The highest BCUT2D eigenvalue weighted by Crippen LogP contribution is 2.48. The summed E-state index contributed by atoms with van der Waals surface area (Å²) in [5.41, 5.74) is 2.57. The molecule has 7 heteroatoms. The average molecular weight is 399 g/mol. The number of aromatic nitrogens is 1. The van der Waals surface area contributed by atoms with E-state index >= 15 is 0 Å². The molecular formula is C22H20F3N3O. The Labute approximate surface area is 165 Å². The summed E-state index contributed by atoms with van der Waals surface area (Å²) in [5, 5.41) is 3.33. The van der Waals surface area contributed by atoms with Gasteiger partial charge in [0.25, 0.3) is 0 Å². The molecule has 5 rings (SSSR count). The van der Waals surface area contributed by atoms with Crippen LogP contribution < -0.4 is 5.32 Å². The van der Waals surface area contributed by atoms with Crippen molar-refractivity contribution in [2.75, 3.05) is 19.6 Å². The van der Waals surface area contributed by atoms with Crippen LogP contribution in [0.4, 0.5) is 18.0 Å². The maximum atomic E-state index is 14.4. The fourth-order valence-electron chi connectivity index (χ4n) is 4.63. The first-order chi connectivity index (χ1) is 14.0. The van der Waals surface area contributed by atoms with Crippen molar-refractivity contribution in [3.05, 3.63) is 59.4 Å². The van der Waals surface area contributed by atoms with E-state index in [1.807, 2.05) is 4.90 Å². The summed E-state index contributed by atoms with van der Waals surface area (Å²) in [6.45, 7) is 2.08. The highest BCUT2D eigenvalue weighted by Gasteiger charge is 2.36. The molecule has 2 amide bonds. The monoisotopic (exact) mass is 399 g/mol. The summed E-state index contributed by atoms with van der Waals surface area (Å²) in [5.74, 6) is -1.13. The van der Waals surface area contributed by atoms with Gasteiger partial charge in [-0.05, 0) is 66.1 Å². The van der Waals surface area contributed by atoms with Gasteiger partial charge in [-0.15, -0.1) is 0 Å². The lowest BCUT2D eigenvalue weighted by atomic mass is 9.70. The third-order valence-electron chi connectivity index (χ3n) is 6.07. The number of hydrogen-bond acceptors (Lipinski definition) is 1. The molecule has 2 fully saturated rings. The summed E-state index contributed by atoms with van der Waals surface area (Å²) in [4.78, 5) is 16.7. The van der Waals surface area contributed by atoms with Crippen LogP contribution in [-0.2, 0) is 0 Å². The molecule has 2 aromatic carbocycles. The number of rotatable bonds is 4. The molecule has 1 aromatic heterocycles. The second kappa shape index (κ2) is 6.83. The first-order valence-corrected chi connectivity index (χ1v) is 9.79. The molecule has 1 saturated carbocycles. The zero-order chi connectivity index (χ0) is 20.1. The summed E-state index contributed by atoms with van der Waals surface area (Å²) < 4.78 is 41.8. The fraction of sp³-hybridized carbons (Fsp3) is 0.318. The molecule has 150 valence electrons. The van der Waals surface area contributed by atoms with Gasteiger partial charge in [0.05, 0.1) is 11.2 Å². The third kappa shape index (κ3) is 3.14. The Bertz CT molecular complexity index is 1090. The van der Waals surface area contributed by atoms with E-state index in [2.05, 4.69) is 10.3 Å². The lowest BCUT2D eigenvalue weighted by Crippen LogP contribution is -2.37. The molecule has 29 heavy (non-hydrogen) atoms. The van der Waals surface area contributed by atoms with Crippen molar-refractivity contribution < 1.29 is 18.0 Å². The van der Waals surface area contributed by atoms with Gasteiger partial charge in [0.15, 0.2) is 0 Å². The smallest absolute Gasteiger partial charge is 0.317 e. The first-order valence-electron chi connectivity index (χ1n) is 9.79. The van der Waals surface area contributed by atoms with Gasteiger partial charge in [0.1, 0.15) is 17.5 Å². The van der Waals surface area contributed by atoms with Crippen molar-refractivity contribution in [2.24, 2.45) is 5.92 Å². The van der Waals surface area contributed by atoms with Crippen molar-refractivity contribution in [3.8, 4) is 11.3 Å². The predicted molar refractivity (Wildman–Crippen MR) is 104 cm³/mol. The molecule has 3 aromatic rings. The number of benzene rings is 2. The summed E-state index contributed by atoms with van der Waals surface area (Å²) in [6, 6.07) is 8.20. The van der Waals surface area contributed by atoms with Crippen LogP contribution in [0, 0.1) is 23.4 Å². The van der Waals surface area contributed by atoms with Gasteiger partial charge in [-0.25, -0.2) is 18.0 Å². The van der Waals surface area contributed by atoms with Crippen LogP contribution in [0.15, 0.2) is 36.4 Å². The quantitative estimate of drug-likeness (QED) is 0.652. The Morgan fingerprint density at radius 2 is 1.79 bits per heavy atom. The Balaban J connectivity index is 1.49. The number of fused-ring (bicyclic) bond motifs is 1. The van der Waals surface area contributed by atoms with Gasteiger partial charge < -0.3 is 15.2 Å². The topological polar surface area (TPSA) is 48.1 Å². The minimum atomic E-state index is -0.640. The summed E-state index contributed by atoms with van der Waals surface area (Å²) in [7, 11) is 0. The standard InChI is InChI=1S/C22H20F3N3O/c23-15-3-1-13(2-4-15)20-19(17-9-16(24)10-18(25)21(17)27-20)14-7-12(8-14)11-28-6-5-26-22(28)29/h1-4,9-10,12,14,27H,5-8,11H2,(H,26,29)/t12-,14-. The van der Waals surface area contributed by atoms with E-state index in [1.54, 1.807) is 12.1 Å². The number of urea groups is 1. The molecule has 0 unspecified atom stereocenters. The Morgan fingerprint density at radius 1 is 1.03 bits per heavy atom. The van der Waals surface area contributed by atoms with Crippen molar-refractivity contribution >= 4 is 16.9 Å². The van der Waals surface area contributed by atoms with E-state index in [1.165, 1.54) is 18.2 Å². The zero-order valence-electron chi connectivity index (χ0n) is 15.6. The summed E-state index contributed by atoms with van der Waals surface area (Å²) >= 11 is 0. The normalized spacial score (nSPS) is 21.5. The van der Waals surface area contributed by atoms with Crippen LogP contribution in [0.3, 0.4) is 0 Å². The third-order valence-corrected chi connectivity index (χ3v) is 6.07. The van der Waals surface area contributed by atoms with E-state index < -0.39 is 11.6 Å². The van der Waals surface area contributed by atoms with E-state index in [4.69, 9.17) is 0 Å². The second-order valence-electron chi connectivity index (χ2n) is 7.94. The molecule has 0 atom stereocenters. The number of carbonyl (C=O) groups is 1. The summed E-state index contributed by atoms with van der Waals surface area (Å²) in [6.07, 6.45) is 1.67. The van der Waals surface area contributed by atoms with Crippen LogP contribution in [0.1, 0.15) is 24.3 Å². The number of amides is 2. The van der Waals surface area contributed by atoms with Crippen LogP contribution in [0.5, 0.6) is 0 Å². The molecule has 4 nitrogen and oxygen atoms in total. The molecular weight excluding hydrogens is 379 g/mol. The predicted octanol–water partition coefficient (Wildman–Crippen LogP) is 4.77. The Kier molecular flexibility index (Phi) is 4.26. The largest absolute Gasteiger partial charge is 0.352 e. The molecule has 2 N–H and O–H groups in total. The fourth-order valence-corrected chi connectivity index (χ4v) is 4.63. The molecule has 0 spiro atoms. The van der Waals surface area contributed by atoms with Crippen LogP contribution >= 0.6 is 0 Å². The van der Waals surface area contributed by atoms with Crippen molar-refractivity contribution in [3.63, 3.8) is 0 Å². The molecule has 2 aliphatic rings. The molecule has 1 saturated heterocycles. The molecule has 0 bridgehead atoms. The van der Waals surface area contributed by atoms with Gasteiger partial charge in [0.2, 0.25) is 0 Å². The van der Waals surface area contributed by atoms with Crippen molar-refractivity contribution in [1.82, 2.24) is 15.2 Å². The highest BCUT2D eigenvalue weighted by molar-refractivity contribution is 5.92. The SMILES string of the molecule is O=C1NCCN1C[C@H]1C[C@H](c2c(-c3ccc(F)cc3)[nH]c3c(F)cc(F)cc32)C1. The number of hydrogen-bond donors (Lipinski definition) is 2. The molecule has 0 radical (unpaired) electrons. The van der Waals surface area contributed by atoms with Crippen LogP contribution in [0.2, 0.25) is 0 Å². The van der Waals surface area contributed by atoms with Crippen LogP contribution in [0.25, 0.3) is 22.2 Å². The zero-order valence-corrected chi connectivity index (χ0v) is 15.6. The maximum Gasteiger partial charge on any atom is 0.317 e. The number of carbonyl (C=O) groups excluding carboxylic acids is 1. The van der Waals surface area contributed by atoms with E-state index in [-0.39, 0.29) is 23.3 Å². The first kappa shape index (κ1) is 18.1. The Hall–Kier alpha value is -2.96. The minimum Gasteiger partial charge on any atom is -0.352 e. The van der Waals surface area contributed by atoms with E-state index in [0.29, 0.717) is 36.6 Å². The number of nitrogens with one attached hydrogen (secondary N) is 2. The number of aromatic amines is 1. The maximum absolute atomic E-state index is 14.4. The van der Waals surface area contributed by atoms with Gasteiger partial charge in [-0.1, -0.05) is 0 Å². The average Bonchev–Trinajstić information content (AvgIpc) is 3.22. The van der Waals surface area contributed by atoms with Crippen LogP contribution in [-0.4, -0.2) is 35.5 Å². The van der Waals surface area contributed by atoms with E-state index in [9.17, 15) is 18.0 Å². The molecule has 1 aliphatic heterocycles. The highest BCUT2D eigenvalue weighted by atomic mass is 19.1. The lowest BCUT2D eigenvalue weighted by molar-refractivity contribution is 0.176. The Morgan fingerprint density at radius 3 is 2.48 bits per heavy atom. The number of halogens is 3. The van der Waals surface area contributed by atoms with Gasteiger partial charge in [0, 0.05) is 31.1 Å². The lowest BCUT2D eigenvalue weighted by Gasteiger charge is -2.38.